The average Bonchev–Trinajstić information content (AvgIpc) is 1.99. The highest BCUT2D eigenvalue weighted by Crippen LogP contribution is 1.97. The lowest BCUT2D eigenvalue weighted by atomic mass is 10.2. The molecule has 0 aliphatic carbocycles. The third-order valence-electron chi connectivity index (χ3n) is 0.981. The van der Waals surface area contributed by atoms with E-state index in [-0.39, 0.29) is 11.6 Å². The van der Waals surface area contributed by atoms with Crippen molar-refractivity contribution in [2.24, 2.45) is 0 Å². The summed E-state index contributed by atoms with van der Waals surface area (Å²) in [6, 6.07) is 0. The molecule has 0 spiro atoms. The zero-order valence-corrected chi connectivity index (χ0v) is 8.57. The molecule has 0 aromatic carbocycles. The number of rotatable bonds is 5. The normalized spacial score (nSPS) is 9.40. The van der Waals surface area contributed by atoms with Gasteiger partial charge in [-0.1, -0.05) is 31.9 Å². The first-order valence-corrected chi connectivity index (χ1v) is 5.10. The van der Waals surface area contributed by atoms with Crippen LogP contribution in [0.3, 0.4) is 0 Å². The Balaban J connectivity index is 3.35. The van der Waals surface area contributed by atoms with Gasteiger partial charge in [0.05, 0.1) is 10.7 Å². The summed E-state index contributed by atoms with van der Waals surface area (Å²) in [7, 11) is 0. The molecule has 0 heterocycles. The third kappa shape index (κ3) is 5.11. The van der Waals surface area contributed by atoms with E-state index in [0.29, 0.717) is 23.5 Å². The van der Waals surface area contributed by atoms with Gasteiger partial charge < -0.3 is 0 Å². The van der Waals surface area contributed by atoms with Crippen molar-refractivity contribution in [3.63, 3.8) is 0 Å². The van der Waals surface area contributed by atoms with Crippen molar-refractivity contribution in [3.05, 3.63) is 0 Å². The van der Waals surface area contributed by atoms with Gasteiger partial charge in [0.15, 0.2) is 0 Å². The van der Waals surface area contributed by atoms with E-state index in [2.05, 4.69) is 31.9 Å². The topological polar surface area (TPSA) is 34.1 Å². The molecule has 0 rings (SSSR count). The fourth-order valence-electron chi connectivity index (χ4n) is 0.412. The molecule has 0 saturated carbocycles. The molecule has 2 nitrogen and oxygen atoms in total. The highest BCUT2D eigenvalue weighted by atomic mass is 79.9. The van der Waals surface area contributed by atoms with Crippen LogP contribution in [0.25, 0.3) is 0 Å². The van der Waals surface area contributed by atoms with E-state index in [1.54, 1.807) is 0 Å². The largest absolute Gasteiger partial charge is 0.299 e. The first-order chi connectivity index (χ1) is 4.70. The highest BCUT2D eigenvalue weighted by Gasteiger charge is 2.03. The zero-order valence-electron chi connectivity index (χ0n) is 5.40. The molecule has 0 bridgehead atoms. The van der Waals surface area contributed by atoms with Crippen molar-refractivity contribution >= 4 is 43.4 Å². The van der Waals surface area contributed by atoms with Crippen LogP contribution in [0.4, 0.5) is 0 Å². The summed E-state index contributed by atoms with van der Waals surface area (Å²) in [4.78, 5) is 21.2. The standard InChI is InChI=1S/C6H8Br2O2/c7-3-5(9)1-2-6(10)4-8/h1-4H2. The molecule has 0 atom stereocenters. The van der Waals surface area contributed by atoms with Crippen LogP contribution in [0.15, 0.2) is 0 Å². The second kappa shape index (κ2) is 6.04. The van der Waals surface area contributed by atoms with Crippen molar-refractivity contribution in [3.8, 4) is 0 Å². The summed E-state index contributed by atoms with van der Waals surface area (Å²) in [6.45, 7) is 0. The molecular formula is C6H8Br2O2. The van der Waals surface area contributed by atoms with Crippen LogP contribution in [0.1, 0.15) is 12.8 Å². The van der Waals surface area contributed by atoms with Gasteiger partial charge in [-0.05, 0) is 0 Å². The quantitative estimate of drug-likeness (QED) is 0.714. The molecule has 0 N–H and O–H groups in total. The maximum absolute atomic E-state index is 10.6. The minimum Gasteiger partial charge on any atom is -0.299 e. The van der Waals surface area contributed by atoms with Crippen molar-refractivity contribution in [1.29, 1.82) is 0 Å². The first kappa shape index (κ1) is 10.3. The summed E-state index contributed by atoms with van der Waals surface area (Å²) in [6.07, 6.45) is 0.714. The number of alkyl halides is 2. The molecule has 0 saturated heterocycles. The molecule has 0 aromatic heterocycles. The van der Waals surface area contributed by atoms with Gasteiger partial charge in [0.25, 0.3) is 0 Å². The van der Waals surface area contributed by atoms with E-state index in [0.717, 1.165) is 0 Å². The monoisotopic (exact) mass is 270 g/mol. The Labute approximate surface area is 76.6 Å². The molecule has 0 aliphatic rings. The molecule has 0 amide bonds. The van der Waals surface area contributed by atoms with Crippen molar-refractivity contribution in [1.82, 2.24) is 0 Å². The number of carbonyl (C=O) groups is 2. The van der Waals surface area contributed by atoms with Crippen LogP contribution in [0.2, 0.25) is 0 Å². The van der Waals surface area contributed by atoms with Gasteiger partial charge in [0.1, 0.15) is 11.6 Å². The fraction of sp³-hybridized carbons (Fsp3) is 0.667. The lowest BCUT2D eigenvalue weighted by Crippen LogP contribution is -2.05. The Bertz CT molecular complexity index is 118. The summed E-state index contributed by atoms with van der Waals surface area (Å²) in [5, 5.41) is 0.700. The van der Waals surface area contributed by atoms with Gasteiger partial charge in [0, 0.05) is 12.8 Å². The van der Waals surface area contributed by atoms with Gasteiger partial charge in [-0.3, -0.25) is 9.59 Å². The number of Topliss-reactive ketones (excluding diaryl/α,β-unsaturated/α-hetero) is 2. The van der Waals surface area contributed by atoms with Crippen LogP contribution < -0.4 is 0 Å². The van der Waals surface area contributed by atoms with E-state index >= 15 is 0 Å². The van der Waals surface area contributed by atoms with Crippen LogP contribution >= 0.6 is 31.9 Å². The molecule has 0 radical (unpaired) electrons. The van der Waals surface area contributed by atoms with Crippen molar-refractivity contribution < 1.29 is 9.59 Å². The SMILES string of the molecule is O=C(CBr)CCC(=O)CBr. The van der Waals surface area contributed by atoms with E-state index in [1.807, 2.05) is 0 Å². The molecule has 4 heteroatoms. The molecule has 0 aromatic rings. The number of hydrogen-bond acceptors (Lipinski definition) is 2. The minimum atomic E-state index is 0.0781. The van der Waals surface area contributed by atoms with Crippen LogP contribution in [-0.4, -0.2) is 22.2 Å². The maximum Gasteiger partial charge on any atom is 0.143 e. The Morgan fingerprint density at radius 3 is 1.40 bits per heavy atom. The van der Waals surface area contributed by atoms with Crippen LogP contribution in [-0.2, 0) is 9.59 Å². The van der Waals surface area contributed by atoms with Gasteiger partial charge in [-0.15, -0.1) is 0 Å². The zero-order chi connectivity index (χ0) is 7.98. The second-order valence-corrected chi connectivity index (χ2v) is 2.97. The number of hydrogen-bond donors (Lipinski definition) is 0. The van der Waals surface area contributed by atoms with Gasteiger partial charge in [-0.2, -0.15) is 0 Å². The Morgan fingerprint density at radius 1 is 0.900 bits per heavy atom. The predicted molar refractivity (Wildman–Crippen MR) is 46.8 cm³/mol. The number of carbonyl (C=O) groups excluding carboxylic acids is 2. The minimum absolute atomic E-state index is 0.0781. The second-order valence-electron chi connectivity index (χ2n) is 1.84. The summed E-state index contributed by atoms with van der Waals surface area (Å²) in [5.41, 5.74) is 0. The summed E-state index contributed by atoms with van der Waals surface area (Å²) >= 11 is 6.03. The number of halogens is 2. The van der Waals surface area contributed by atoms with Gasteiger partial charge in [0.2, 0.25) is 0 Å². The average molecular weight is 272 g/mol. The lowest BCUT2D eigenvalue weighted by molar-refractivity contribution is -0.121. The van der Waals surface area contributed by atoms with Crippen molar-refractivity contribution in [2.75, 3.05) is 10.7 Å². The molecule has 58 valence electrons. The Kier molecular flexibility index (Phi) is 6.22. The molecule has 0 aliphatic heterocycles. The fourth-order valence-corrected chi connectivity index (χ4v) is 0.973. The molecular weight excluding hydrogens is 264 g/mol. The van der Waals surface area contributed by atoms with E-state index in [4.69, 9.17) is 0 Å². The summed E-state index contributed by atoms with van der Waals surface area (Å²) in [5.74, 6) is 0.156. The first-order valence-electron chi connectivity index (χ1n) is 2.86. The third-order valence-corrected chi connectivity index (χ3v) is 2.23. The highest BCUT2D eigenvalue weighted by molar-refractivity contribution is 9.09. The Morgan fingerprint density at radius 2 is 1.20 bits per heavy atom. The van der Waals surface area contributed by atoms with Gasteiger partial charge >= 0.3 is 0 Å². The molecule has 0 unspecified atom stereocenters. The van der Waals surface area contributed by atoms with Crippen LogP contribution in [0, 0.1) is 0 Å². The predicted octanol–water partition coefficient (Wildman–Crippen LogP) is 1.69. The van der Waals surface area contributed by atoms with E-state index in [9.17, 15) is 9.59 Å². The van der Waals surface area contributed by atoms with Gasteiger partial charge in [-0.25, -0.2) is 0 Å². The molecule has 10 heavy (non-hydrogen) atoms. The van der Waals surface area contributed by atoms with E-state index in [1.165, 1.54) is 0 Å². The lowest BCUT2D eigenvalue weighted by Gasteiger charge is -1.92. The smallest absolute Gasteiger partial charge is 0.143 e. The maximum atomic E-state index is 10.6. The van der Waals surface area contributed by atoms with Crippen molar-refractivity contribution in [2.45, 2.75) is 12.8 Å². The summed E-state index contributed by atoms with van der Waals surface area (Å²) < 4.78 is 0. The molecule has 0 fully saturated rings. The Hall–Kier alpha value is 0.300. The van der Waals surface area contributed by atoms with E-state index < -0.39 is 0 Å². The number of ketones is 2. The van der Waals surface area contributed by atoms with Crippen LogP contribution in [0.5, 0.6) is 0 Å².